The molecule has 0 aromatic carbocycles. The van der Waals surface area contributed by atoms with Crippen molar-refractivity contribution < 1.29 is 9.53 Å². The Labute approximate surface area is 100 Å². The molecule has 0 aromatic rings. The Morgan fingerprint density at radius 2 is 1.69 bits per heavy atom. The van der Waals surface area contributed by atoms with Crippen LogP contribution in [0.15, 0.2) is 12.2 Å². The lowest BCUT2D eigenvalue weighted by atomic mass is 10.1. The van der Waals surface area contributed by atoms with E-state index in [-0.39, 0.29) is 5.97 Å². The zero-order chi connectivity index (χ0) is 12.1. The molecule has 2 nitrogen and oxygen atoms in total. The Morgan fingerprint density at radius 3 is 2.38 bits per heavy atom. The first kappa shape index (κ1) is 15.2. The first-order valence-electron chi connectivity index (χ1n) is 6.61. The summed E-state index contributed by atoms with van der Waals surface area (Å²) >= 11 is 0. The van der Waals surface area contributed by atoms with Crippen LogP contribution in [0.4, 0.5) is 0 Å². The van der Waals surface area contributed by atoms with Gasteiger partial charge in [0, 0.05) is 0 Å². The van der Waals surface area contributed by atoms with Crippen LogP contribution < -0.4 is 0 Å². The lowest BCUT2D eigenvalue weighted by molar-refractivity contribution is -0.142. The summed E-state index contributed by atoms with van der Waals surface area (Å²) < 4.78 is 5.10. The van der Waals surface area contributed by atoms with Gasteiger partial charge < -0.3 is 4.74 Å². The van der Waals surface area contributed by atoms with Crippen molar-refractivity contribution in [3.8, 4) is 0 Å². The second-order valence-corrected chi connectivity index (χ2v) is 4.07. The fourth-order valence-electron chi connectivity index (χ4n) is 1.47. The van der Waals surface area contributed by atoms with Crippen LogP contribution in [0.1, 0.15) is 65.2 Å². The van der Waals surface area contributed by atoms with E-state index in [2.05, 4.69) is 13.8 Å². The molecule has 0 fully saturated rings. The highest BCUT2D eigenvalue weighted by Gasteiger charge is 1.98. The molecule has 0 amide bonds. The minimum absolute atomic E-state index is 0.0988. The van der Waals surface area contributed by atoms with Crippen LogP contribution in [0.5, 0.6) is 0 Å². The van der Waals surface area contributed by atoms with Gasteiger partial charge in [-0.15, -0.1) is 0 Å². The molecule has 0 aliphatic heterocycles. The van der Waals surface area contributed by atoms with Gasteiger partial charge in [0.15, 0.2) is 0 Å². The Bertz CT molecular complexity index is 185. The van der Waals surface area contributed by atoms with Crippen molar-refractivity contribution >= 4 is 5.97 Å². The van der Waals surface area contributed by atoms with Crippen LogP contribution in [-0.4, -0.2) is 12.6 Å². The lowest BCUT2D eigenvalue weighted by Gasteiger charge is -2.03. The second-order valence-electron chi connectivity index (χ2n) is 4.07. The van der Waals surface area contributed by atoms with E-state index >= 15 is 0 Å². The molecule has 0 saturated heterocycles. The molecule has 0 unspecified atom stereocenters. The van der Waals surface area contributed by atoms with Crippen molar-refractivity contribution in [1.29, 1.82) is 0 Å². The van der Waals surface area contributed by atoms with Crippen LogP contribution in [-0.2, 0) is 9.53 Å². The summed E-state index contributed by atoms with van der Waals surface area (Å²) in [5, 5.41) is 0. The van der Waals surface area contributed by atoms with E-state index in [1.54, 1.807) is 0 Å². The van der Waals surface area contributed by atoms with Crippen molar-refractivity contribution in [3.63, 3.8) is 0 Å². The number of allylic oxidation sites excluding steroid dienone is 1. The number of carbonyl (C=O) groups excluding carboxylic acids is 1. The summed E-state index contributed by atoms with van der Waals surface area (Å²) in [6.07, 6.45) is 12.6. The molecule has 0 bridgehead atoms. The van der Waals surface area contributed by atoms with Crippen LogP contribution in [0, 0.1) is 0 Å². The number of ether oxygens (including phenoxy) is 1. The van der Waals surface area contributed by atoms with E-state index in [0.29, 0.717) is 13.0 Å². The van der Waals surface area contributed by atoms with Crippen LogP contribution >= 0.6 is 0 Å². The average Bonchev–Trinajstić information content (AvgIpc) is 2.28. The Morgan fingerprint density at radius 1 is 1.00 bits per heavy atom. The smallest absolute Gasteiger partial charge is 0.309 e. The number of hydrogen-bond acceptors (Lipinski definition) is 2. The molecular formula is C14H26O2. The minimum Gasteiger partial charge on any atom is -0.465 e. The van der Waals surface area contributed by atoms with Crippen molar-refractivity contribution in [2.45, 2.75) is 65.2 Å². The summed E-state index contributed by atoms with van der Waals surface area (Å²) in [7, 11) is 0. The van der Waals surface area contributed by atoms with Crippen LogP contribution in [0.3, 0.4) is 0 Å². The Balaban J connectivity index is 3.18. The average molecular weight is 226 g/mol. The maximum atomic E-state index is 11.2. The van der Waals surface area contributed by atoms with Crippen molar-refractivity contribution in [2.24, 2.45) is 0 Å². The maximum absolute atomic E-state index is 11.2. The molecule has 0 saturated carbocycles. The third-order valence-electron chi connectivity index (χ3n) is 2.45. The first-order chi connectivity index (χ1) is 7.81. The molecule has 0 aromatic heterocycles. The summed E-state index contributed by atoms with van der Waals surface area (Å²) in [4.78, 5) is 11.2. The van der Waals surface area contributed by atoms with Gasteiger partial charge in [0.1, 0.15) is 0 Å². The molecule has 0 rings (SSSR count). The highest BCUT2D eigenvalue weighted by Crippen LogP contribution is 2.05. The van der Waals surface area contributed by atoms with E-state index in [4.69, 9.17) is 4.74 Å². The zero-order valence-corrected chi connectivity index (χ0v) is 10.8. The van der Waals surface area contributed by atoms with Gasteiger partial charge in [-0.05, 0) is 12.8 Å². The van der Waals surface area contributed by atoms with Gasteiger partial charge >= 0.3 is 5.97 Å². The normalized spacial score (nSPS) is 10.9. The van der Waals surface area contributed by atoms with Crippen molar-refractivity contribution in [1.82, 2.24) is 0 Å². The molecular weight excluding hydrogens is 200 g/mol. The molecule has 0 atom stereocenters. The number of esters is 1. The second kappa shape index (κ2) is 12.3. The molecule has 0 aliphatic rings. The topological polar surface area (TPSA) is 26.3 Å². The standard InChI is InChI=1S/C14H26O2/c1-3-5-7-8-9-11-13-16-14(15)12-10-6-4-2/h6,10H,3-5,7-9,11-13H2,1-2H3/b10-6-. The van der Waals surface area contributed by atoms with Gasteiger partial charge in [0.25, 0.3) is 0 Å². The third-order valence-corrected chi connectivity index (χ3v) is 2.45. The molecule has 0 heterocycles. The van der Waals surface area contributed by atoms with E-state index in [1.165, 1.54) is 32.1 Å². The van der Waals surface area contributed by atoms with Crippen LogP contribution in [0.2, 0.25) is 0 Å². The molecule has 16 heavy (non-hydrogen) atoms. The molecule has 0 spiro atoms. The Hall–Kier alpha value is -0.790. The monoisotopic (exact) mass is 226 g/mol. The predicted molar refractivity (Wildman–Crippen MR) is 68.4 cm³/mol. The number of hydrogen-bond donors (Lipinski definition) is 0. The SMILES string of the molecule is CC/C=C\CC(=O)OCCCCCCCC. The van der Waals surface area contributed by atoms with Crippen molar-refractivity contribution in [3.05, 3.63) is 12.2 Å². The summed E-state index contributed by atoms with van der Waals surface area (Å²) in [5.74, 6) is -0.0988. The lowest BCUT2D eigenvalue weighted by Crippen LogP contribution is -2.04. The fraction of sp³-hybridized carbons (Fsp3) is 0.786. The quantitative estimate of drug-likeness (QED) is 0.316. The van der Waals surface area contributed by atoms with Gasteiger partial charge in [0.2, 0.25) is 0 Å². The zero-order valence-electron chi connectivity index (χ0n) is 10.8. The summed E-state index contributed by atoms with van der Waals surface area (Å²) in [5.41, 5.74) is 0. The van der Waals surface area contributed by atoms with E-state index in [1.807, 2.05) is 12.2 Å². The van der Waals surface area contributed by atoms with E-state index in [0.717, 1.165) is 12.8 Å². The minimum atomic E-state index is -0.0988. The van der Waals surface area contributed by atoms with E-state index in [9.17, 15) is 4.79 Å². The van der Waals surface area contributed by atoms with Gasteiger partial charge in [0.05, 0.1) is 13.0 Å². The molecule has 0 aliphatic carbocycles. The van der Waals surface area contributed by atoms with Gasteiger partial charge in [-0.3, -0.25) is 4.79 Å². The first-order valence-corrected chi connectivity index (χ1v) is 6.61. The van der Waals surface area contributed by atoms with E-state index < -0.39 is 0 Å². The number of unbranched alkanes of at least 4 members (excludes halogenated alkanes) is 5. The molecule has 0 radical (unpaired) electrons. The molecule has 0 N–H and O–H groups in total. The predicted octanol–water partition coefficient (Wildman–Crippen LogP) is 4.25. The van der Waals surface area contributed by atoms with Gasteiger partial charge in [-0.25, -0.2) is 0 Å². The molecule has 94 valence electrons. The summed E-state index contributed by atoms with van der Waals surface area (Å²) in [6, 6.07) is 0. The third kappa shape index (κ3) is 11.3. The largest absolute Gasteiger partial charge is 0.465 e. The highest BCUT2D eigenvalue weighted by atomic mass is 16.5. The molecule has 2 heteroatoms. The highest BCUT2D eigenvalue weighted by molar-refractivity contribution is 5.71. The fourth-order valence-corrected chi connectivity index (χ4v) is 1.47. The maximum Gasteiger partial charge on any atom is 0.309 e. The summed E-state index contributed by atoms with van der Waals surface area (Å²) in [6.45, 7) is 4.86. The van der Waals surface area contributed by atoms with Gasteiger partial charge in [-0.2, -0.15) is 0 Å². The Kier molecular flexibility index (Phi) is 11.7. The number of carbonyl (C=O) groups is 1. The van der Waals surface area contributed by atoms with Gasteiger partial charge in [-0.1, -0.05) is 58.1 Å². The van der Waals surface area contributed by atoms with Crippen LogP contribution in [0.25, 0.3) is 0 Å². The number of rotatable bonds is 10. The van der Waals surface area contributed by atoms with Crippen molar-refractivity contribution in [2.75, 3.05) is 6.61 Å².